The molecule has 0 aliphatic carbocycles. The van der Waals surface area contributed by atoms with Gasteiger partial charge in [-0.3, -0.25) is 0 Å². The van der Waals surface area contributed by atoms with E-state index < -0.39 is 0 Å². The van der Waals surface area contributed by atoms with Crippen molar-refractivity contribution in [3.63, 3.8) is 0 Å². The van der Waals surface area contributed by atoms with Crippen LogP contribution in [0.5, 0.6) is 0 Å². The molecule has 78 valence electrons. The Kier molecular flexibility index (Phi) is 2.87. The van der Waals surface area contributed by atoms with Gasteiger partial charge in [0.1, 0.15) is 0 Å². The second kappa shape index (κ2) is 4.31. The van der Waals surface area contributed by atoms with Crippen molar-refractivity contribution >= 4 is 17.3 Å². The molecule has 2 rings (SSSR count). The molecule has 2 aromatic rings. The van der Waals surface area contributed by atoms with Crippen molar-refractivity contribution in [2.45, 2.75) is 6.92 Å². The highest BCUT2D eigenvalue weighted by molar-refractivity contribution is 7.13. The van der Waals surface area contributed by atoms with Gasteiger partial charge in [0, 0.05) is 22.8 Å². The molecule has 0 saturated heterocycles. The Morgan fingerprint density at radius 1 is 1.53 bits per heavy atom. The number of nitrogens with one attached hydrogen (secondary N) is 1. The van der Waals surface area contributed by atoms with Crippen LogP contribution in [0, 0.1) is 0 Å². The first-order valence-corrected chi connectivity index (χ1v) is 5.58. The van der Waals surface area contributed by atoms with Gasteiger partial charge in [-0.1, -0.05) is 6.07 Å². The van der Waals surface area contributed by atoms with Crippen LogP contribution in [0.3, 0.4) is 0 Å². The van der Waals surface area contributed by atoms with E-state index in [2.05, 4.69) is 4.98 Å². The first kappa shape index (κ1) is 9.98. The molecule has 0 amide bonds. The maximum atomic E-state index is 11.6. The third-order valence-electron chi connectivity index (χ3n) is 2.03. The minimum Gasteiger partial charge on any atom is -0.462 e. The van der Waals surface area contributed by atoms with E-state index in [0.717, 1.165) is 10.4 Å². The second-order valence-electron chi connectivity index (χ2n) is 2.98. The van der Waals surface area contributed by atoms with Crippen LogP contribution < -0.4 is 0 Å². The maximum Gasteiger partial charge on any atom is 0.340 e. The Morgan fingerprint density at radius 2 is 2.40 bits per heavy atom. The quantitative estimate of drug-likeness (QED) is 0.810. The van der Waals surface area contributed by atoms with Gasteiger partial charge in [-0.25, -0.2) is 4.79 Å². The lowest BCUT2D eigenvalue weighted by Crippen LogP contribution is -2.04. The van der Waals surface area contributed by atoms with Crippen molar-refractivity contribution in [1.82, 2.24) is 4.98 Å². The molecule has 0 aromatic carbocycles. The number of esters is 1. The van der Waals surface area contributed by atoms with E-state index in [9.17, 15) is 4.79 Å². The Labute approximate surface area is 91.7 Å². The van der Waals surface area contributed by atoms with Crippen LogP contribution in [0.25, 0.3) is 10.4 Å². The number of H-pyrrole nitrogens is 1. The molecule has 3 nitrogen and oxygen atoms in total. The zero-order valence-electron chi connectivity index (χ0n) is 8.32. The van der Waals surface area contributed by atoms with Crippen LogP contribution in [0.1, 0.15) is 17.3 Å². The average molecular weight is 221 g/mol. The highest BCUT2D eigenvalue weighted by Gasteiger charge is 2.14. The van der Waals surface area contributed by atoms with Gasteiger partial charge in [0.15, 0.2) is 0 Å². The Balaban J connectivity index is 2.34. The van der Waals surface area contributed by atoms with Crippen LogP contribution in [-0.2, 0) is 4.74 Å². The fourth-order valence-electron chi connectivity index (χ4n) is 1.38. The number of aromatic nitrogens is 1. The lowest BCUT2D eigenvalue weighted by molar-refractivity contribution is 0.0527. The van der Waals surface area contributed by atoms with Crippen molar-refractivity contribution < 1.29 is 9.53 Å². The van der Waals surface area contributed by atoms with Crippen molar-refractivity contribution in [3.05, 3.63) is 35.5 Å². The summed E-state index contributed by atoms with van der Waals surface area (Å²) in [6.07, 6.45) is 3.49. The van der Waals surface area contributed by atoms with E-state index in [1.54, 1.807) is 24.5 Å². The zero-order chi connectivity index (χ0) is 10.7. The van der Waals surface area contributed by atoms with E-state index >= 15 is 0 Å². The third kappa shape index (κ3) is 1.94. The molecule has 0 aliphatic rings. The summed E-state index contributed by atoms with van der Waals surface area (Å²) in [4.78, 5) is 15.6. The summed E-state index contributed by atoms with van der Waals surface area (Å²) in [5.74, 6) is -0.276. The standard InChI is InChI=1S/C11H11NO2S/c1-2-14-11(13)9-7-12-6-8(9)10-4-3-5-15-10/h3-7,12H,2H2,1H3. The van der Waals surface area contributed by atoms with Crippen LogP contribution in [0.2, 0.25) is 0 Å². The van der Waals surface area contributed by atoms with Gasteiger partial charge in [0.25, 0.3) is 0 Å². The highest BCUT2D eigenvalue weighted by Crippen LogP contribution is 2.28. The number of thiophene rings is 1. The van der Waals surface area contributed by atoms with E-state index in [4.69, 9.17) is 4.74 Å². The lowest BCUT2D eigenvalue weighted by atomic mass is 10.2. The minimum atomic E-state index is -0.276. The first-order chi connectivity index (χ1) is 7.33. The molecule has 0 bridgehead atoms. The predicted molar refractivity (Wildman–Crippen MR) is 60.1 cm³/mol. The van der Waals surface area contributed by atoms with Gasteiger partial charge in [-0.2, -0.15) is 0 Å². The smallest absolute Gasteiger partial charge is 0.340 e. The molecule has 0 spiro atoms. The van der Waals surface area contributed by atoms with Crippen LogP contribution in [0.15, 0.2) is 29.9 Å². The van der Waals surface area contributed by atoms with Gasteiger partial charge in [-0.15, -0.1) is 11.3 Å². The number of carbonyl (C=O) groups excluding carboxylic acids is 1. The molecule has 0 fully saturated rings. The number of hydrogen-bond donors (Lipinski definition) is 1. The Morgan fingerprint density at radius 3 is 3.07 bits per heavy atom. The number of rotatable bonds is 3. The number of hydrogen-bond acceptors (Lipinski definition) is 3. The minimum absolute atomic E-state index is 0.276. The van der Waals surface area contributed by atoms with Gasteiger partial charge in [-0.05, 0) is 18.4 Å². The van der Waals surface area contributed by atoms with E-state index in [0.29, 0.717) is 12.2 Å². The lowest BCUT2D eigenvalue weighted by Gasteiger charge is -2.01. The molecular formula is C11H11NO2S. The summed E-state index contributed by atoms with van der Waals surface area (Å²) in [6, 6.07) is 3.94. The molecule has 2 heterocycles. The SMILES string of the molecule is CCOC(=O)c1c[nH]cc1-c1cccs1. The Bertz CT molecular complexity index is 445. The number of ether oxygens (including phenoxy) is 1. The third-order valence-corrected chi connectivity index (χ3v) is 2.93. The van der Waals surface area contributed by atoms with E-state index in [1.807, 2.05) is 23.7 Å². The summed E-state index contributed by atoms with van der Waals surface area (Å²) in [5, 5.41) is 1.98. The largest absolute Gasteiger partial charge is 0.462 e. The van der Waals surface area contributed by atoms with Crippen LogP contribution in [-0.4, -0.2) is 17.6 Å². The van der Waals surface area contributed by atoms with Crippen LogP contribution in [0.4, 0.5) is 0 Å². The summed E-state index contributed by atoms with van der Waals surface area (Å²) in [5.41, 5.74) is 1.50. The number of aromatic amines is 1. The van der Waals surface area contributed by atoms with Crippen molar-refractivity contribution in [2.75, 3.05) is 6.61 Å². The highest BCUT2D eigenvalue weighted by atomic mass is 32.1. The fraction of sp³-hybridized carbons (Fsp3) is 0.182. The summed E-state index contributed by atoms with van der Waals surface area (Å²) in [6.45, 7) is 2.20. The number of carbonyl (C=O) groups is 1. The molecular weight excluding hydrogens is 210 g/mol. The molecule has 1 N–H and O–H groups in total. The summed E-state index contributed by atoms with van der Waals surface area (Å²) < 4.78 is 4.97. The monoisotopic (exact) mass is 221 g/mol. The van der Waals surface area contributed by atoms with Gasteiger partial charge >= 0.3 is 5.97 Å². The van der Waals surface area contributed by atoms with Crippen molar-refractivity contribution in [1.29, 1.82) is 0 Å². The fourth-order valence-corrected chi connectivity index (χ4v) is 2.13. The normalized spacial score (nSPS) is 10.2. The molecule has 0 aliphatic heterocycles. The zero-order valence-corrected chi connectivity index (χ0v) is 9.14. The van der Waals surface area contributed by atoms with Crippen molar-refractivity contribution in [3.8, 4) is 10.4 Å². The summed E-state index contributed by atoms with van der Waals surface area (Å²) >= 11 is 1.60. The van der Waals surface area contributed by atoms with Crippen molar-refractivity contribution in [2.24, 2.45) is 0 Å². The second-order valence-corrected chi connectivity index (χ2v) is 3.93. The molecule has 2 aromatic heterocycles. The molecule has 0 atom stereocenters. The molecule has 0 unspecified atom stereocenters. The maximum absolute atomic E-state index is 11.6. The topological polar surface area (TPSA) is 42.1 Å². The van der Waals surface area contributed by atoms with Crippen LogP contribution >= 0.6 is 11.3 Å². The van der Waals surface area contributed by atoms with Gasteiger partial charge < -0.3 is 9.72 Å². The van der Waals surface area contributed by atoms with Gasteiger partial charge in [0.05, 0.1) is 12.2 Å². The molecule has 15 heavy (non-hydrogen) atoms. The predicted octanol–water partition coefficient (Wildman–Crippen LogP) is 2.92. The van der Waals surface area contributed by atoms with E-state index in [1.165, 1.54) is 0 Å². The van der Waals surface area contributed by atoms with Gasteiger partial charge in [0.2, 0.25) is 0 Å². The summed E-state index contributed by atoms with van der Waals surface area (Å²) in [7, 11) is 0. The Hall–Kier alpha value is -1.55. The first-order valence-electron chi connectivity index (χ1n) is 4.70. The average Bonchev–Trinajstić information content (AvgIpc) is 2.88. The molecule has 4 heteroatoms. The molecule has 0 saturated carbocycles. The molecule has 0 radical (unpaired) electrons. The van der Waals surface area contributed by atoms with E-state index in [-0.39, 0.29) is 5.97 Å².